The first-order valence-electron chi connectivity index (χ1n) is 9.55. The molecule has 0 spiro atoms. The normalized spacial score (nSPS) is 33.8. The number of ketones is 1. The number of aliphatic hydroxyl groups is 1. The van der Waals surface area contributed by atoms with Crippen molar-refractivity contribution in [3.8, 4) is 11.5 Å². The smallest absolute Gasteiger partial charge is 0.229 e. The minimum atomic E-state index is -1.21. The fraction of sp³-hybridized carbons (Fsp3) is 0.571. The van der Waals surface area contributed by atoms with E-state index in [1.54, 1.807) is 6.07 Å². The molecule has 3 aliphatic rings. The maximum Gasteiger partial charge on any atom is 0.229 e. The highest BCUT2D eigenvalue weighted by atomic mass is 16.5. The van der Waals surface area contributed by atoms with Gasteiger partial charge in [-0.3, -0.25) is 4.79 Å². The third-order valence-corrected chi connectivity index (χ3v) is 6.84. The highest BCUT2D eigenvalue weighted by Gasteiger charge is 2.68. The highest BCUT2D eigenvalue weighted by molar-refractivity contribution is 6.00. The summed E-state index contributed by atoms with van der Waals surface area (Å²) in [5.41, 5.74) is 0.168. The molecule has 2 bridgehead atoms. The predicted molar refractivity (Wildman–Crippen MR) is 103 cm³/mol. The van der Waals surface area contributed by atoms with Gasteiger partial charge in [-0.2, -0.15) is 0 Å². The summed E-state index contributed by atoms with van der Waals surface area (Å²) in [5, 5.41) is 22.7. The fourth-order valence-corrected chi connectivity index (χ4v) is 5.76. The minimum Gasteiger partial charge on any atom is -0.504 e. The molecular formula is C21H27NO7. The lowest BCUT2D eigenvalue weighted by atomic mass is 9.51. The molecule has 8 heteroatoms. The maximum atomic E-state index is 13.2. The first kappa shape index (κ1) is 20.0. The van der Waals surface area contributed by atoms with Gasteiger partial charge in [0.1, 0.15) is 6.10 Å². The minimum absolute atomic E-state index is 0.00743. The van der Waals surface area contributed by atoms with Crippen molar-refractivity contribution in [1.82, 2.24) is 4.90 Å². The van der Waals surface area contributed by atoms with Gasteiger partial charge in [-0.1, -0.05) is 6.07 Å². The van der Waals surface area contributed by atoms with Crippen LogP contribution in [0.25, 0.3) is 0 Å². The summed E-state index contributed by atoms with van der Waals surface area (Å²) >= 11 is 0. The average molecular weight is 405 g/mol. The van der Waals surface area contributed by atoms with Gasteiger partial charge in [0.15, 0.2) is 17.3 Å². The Balaban J connectivity index is 2.16. The van der Waals surface area contributed by atoms with Crippen molar-refractivity contribution in [1.29, 1.82) is 0 Å². The third-order valence-electron chi connectivity index (χ3n) is 6.84. The van der Waals surface area contributed by atoms with Gasteiger partial charge >= 0.3 is 0 Å². The number of Topliss-reactive ketones (excluding diaryl/α,β-unsaturated/α-hetero) is 1. The molecule has 2 N–H and O–H groups in total. The molecule has 1 saturated heterocycles. The van der Waals surface area contributed by atoms with E-state index in [1.807, 2.05) is 18.0 Å². The number of aromatic hydroxyl groups is 1. The van der Waals surface area contributed by atoms with Gasteiger partial charge in [0, 0.05) is 31.2 Å². The monoisotopic (exact) mass is 405 g/mol. The van der Waals surface area contributed by atoms with Crippen LogP contribution in [0.1, 0.15) is 11.1 Å². The van der Waals surface area contributed by atoms with Crippen LogP contribution >= 0.6 is 0 Å². The van der Waals surface area contributed by atoms with E-state index in [0.29, 0.717) is 24.3 Å². The predicted octanol–water partition coefficient (Wildman–Crippen LogP) is 0.588. The zero-order valence-corrected chi connectivity index (χ0v) is 17.3. The molecule has 0 aromatic heterocycles. The first-order chi connectivity index (χ1) is 13.9. The van der Waals surface area contributed by atoms with Crippen molar-refractivity contribution in [3.63, 3.8) is 0 Å². The van der Waals surface area contributed by atoms with Crippen LogP contribution in [-0.4, -0.2) is 81.2 Å². The molecular weight excluding hydrogens is 378 g/mol. The molecule has 1 heterocycles. The number of phenolic OH excluding ortho intramolecular Hbond substituents is 1. The summed E-state index contributed by atoms with van der Waals surface area (Å²) in [6.07, 6.45) is -1.24. The van der Waals surface area contributed by atoms with Gasteiger partial charge < -0.3 is 34.1 Å². The molecule has 8 nitrogen and oxygen atoms in total. The van der Waals surface area contributed by atoms with Crippen LogP contribution in [0.15, 0.2) is 23.7 Å². The van der Waals surface area contributed by atoms with Crippen LogP contribution in [0.5, 0.6) is 11.5 Å². The highest BCUT2D eigenvalue weighted by Crippen LogP contribution is 2.60. The lowest BCUT2D eigenvalue weighted by molar-refractivity contribution is -0.158. The van der Waals surface area contributed by atoms with Crippen molar-refractivity contribution in [2.45, 2.75) is 30.1 Å². The van der Waals surface area contributed by atoms with Gasteiger partial charge in [0.25, 0.3) is 0 Å². The molecule has 1 aromatic carbocycles. The molecule has 2 aliphatic carbocycles. The van der Waals surface area contributed by atoms with E-state index < -0.39 is 23.5 Å². The standard InChI is InChI=1S/C21H27NO7/c1-22-9-13(23)21-14-10(6-7-12(26-2)16(14)24)8-11(22)15(21)18(27-3)17(25)19(28-4)20(21)29-5/h6-7,11,13,15,18,23-24H,8-9H2,1-5H3/t11-,13-,15-,18-,21-/m1/s1. The van der Waals surface area contributed by atoms with Crippen LogP contribution in [-0.2, 0) is 30.8 Å². The summed E-state index contributed by atoms with van der Waals surface area (Å²) in [6, 6.07) is 3.50. The van der Waals surface area contributed by atoms with Crippen LogP contribution in [0, 0.1) is 5.92 Å². The Morgan fingerprint density at radius 2 is 1.86 bits per heavy atom. The number of aliphatic hydroxyl groups excluding tert-OH is 1. The molecule has 0 saturated carbocycles. The number of hydrogen-bond donors (Lipinski definition) is 2. The largest absolute Gasteiger partial charge is 0.504 e. The number of ether oxygens (including phenoxy) is 4. The van der Waals surface area contributed by atoms with Crippen LogP contribution in [0.2, 0.25) is 0 Å². The van der Waals surface area contributed by atoms with Gasteiger partial charge in [-0.25, -0.2) is 0 Å². The summed E-state index contributed by atoms with van der Waals surface area (Å²) < 4.78 is 22.2. The Hall–Kier alpha value is -2.29. The molecule has 4 rings (SSSR count). The van der Waals surface area contributed by atoms with Crippen molar-refractivity contribution in [2.75, 3.05) is 42.0 Å². The zero-order chi connectivity index (χ0) is 21.1. The number of β-amino-alcohol motifs (C(OH)–C–C–N with tert-alkyl or cyclic N) is 1. The first-order valence-corrected chi connectivity index (χ1v) is 9.55. The molecule has 5 atom stereocenters. The number of likely N-dealkylation sites (N-methyl/N-ethyl adjacent to an activating group) is 1. The van der Waals surface area contributed by atoms with E-state index in [4.69, 9.17) is 18.9 Å². The maximum absolute atomic E-state index is 13.2. The van der Waals surface area contributed by atoms with Crippen molar-refractivity contribution in [3.05, 3.63) is 34.8 Å². The van der Waals surface area contributed by atoms with Gasteiger partial charge in [-0.05, 0) is 25.1 Å². The van der Waals surface area contributed by atoms with Crippen molar-refractivity contribution < 1.29 is 34.0 Å². The molecule has 1 aliphatic heterocycles. The Labute approximate surface area is 169 Å². The molecule has 158 valence electrons. The number of methoxy groups -OCH3 is 4. The number of piperidine rings is 1. The number of rotatable bonds is 4. The summed E-state index contributed by atoms with van der Waals surface area (Å²) in [5.74, 6) is -0.349. The summed E-state index contributed by atoms with van der Waals surface area (Å²) in [6.45, 7) is 0.339. The number of fused-ring (bicyclic) bond motifs is 1. The van der Waals surface area contributed by atoms with Crippen LogP contribution in [0.3, 0.4) is 0 Å². The zero-order valence-electron chi connectivity index (χ0n) is 17.3. The molecule has 1 fully saturated rings. The fourth-order valence-electron chi connectivity index (χ4n) is 5.76. The molecule has 0 amide bonds. The van der Waals surface area contributed by atoms with E-state index >= 15 is 0 Å². The molecule has 0 radical (unpaired) electrons. The van der Waals surface area contributed by atoms with Crippen LogP contribution < -0.4 is 4.74 Å². The Morgan fingerprint density at radius 3 is 2.45 bits per heavy atom. The topological polar surface area (TPSA) is 97.7 Å². The number of likely N-dealkylation sites (tertiary alicyclic amines) is 1. The summed E-state index contributed by atoms with van der Waals surface area (Å²) in [4.78, 5) is 15.2. The van der Waals surface area contributed by atoms with Gasteiger partial charge in [0.2, 0.25) is 11.5 Å². The quantitative estimate of drug-likeness (QED) is 0.751. The number of carbonyl (C=O) groups is 1. The second-order valence-electron chi connectivity index (χ2n) is 7.86. The van der Waals surface area contributed by atoms with E-state index in [1.165, 1.54) is 28.4 Å². The van der Waals surface area contributed by atoms with E-state index in [-0.39, 0.29) is 29.1 Å². The molecule has 29 heavy (non-hydrogen) atoms. The Morgan fingerprint density at radius 1 is 1.14 bits per heavy atom. The van der Waals surface area contributed by atoms with Gasteiger partial charge in [-0.15, -0.1) is 0 Å². The number of phenols is 1. The van der Waals surface area contributed by atoms with Crippen LogP contribution in [0.4, 0.5) is 0 Å². The Bertz CT molecular complexity index is 882. The second-order valence-corrected chi connectivity index (χ2v) is 7.86. The van der Waals surface area contributed by atoms with E-state index in [0.717, 1.165) is 5.56 Å². The Kier molecular flexibility index (Phi) is 4.76. The lowest BCUT2D eigenvalue weighted by Crippen LogP contribution is -2.72. The molecule has 1 aromatic rings. The number of carbonyl (C=O) groups excluding carboxylic acids is 1. The van der Waals surface area contributed by atoms with E-state index in [2.05, 4.69) is 0 Å². The summed E-state index contributed by atoms with van der Waals surface area (Å²) in [7, 11) is 7.72. The second kappa shape index (κ2) is 6.90. The number of hydrogen-bond acceptors (Lipinski definition) is 8. The van der Waals surface area contributed by atoms with Gasteiger partial charge in [0.05, 0.1) is 32.8 Å². The number of benzene rings is 1. The van der Waals surface area contributed by atoms with Crippen molar-refractivity contribution in [2.24, 2.45) is 5.92 Å². The van der Waals surface area contributed by atoms with E-state index in [9.17, 15) is 15.0 Å². The van der Waals surface area contributed by atoms with Crippen molar-refractivity contribution >= 4 is 5.78 Å². The number of nitrogens with zero attached hydrogens (tertiary/aromatic N) is 1. The lowest BCUT2D eigenvalue weighted by Gasteiger charge is -2.60. The molecule has 0 unspecified atom stereocenters. The third kappa shape index (κ3) is 2.33. The SMILES string of the molecule is COC1=C(OC)[C@]23c4c(ccc(OC)c4O)C[C@H]([C@@H]2[C@@H](OC)C1=O)N(C)C[C@H]3O. The average Bonchev–Trinajstić information content (AvgIpc) is 2.71.